The molecular formula is C23H27N5O2. The van der Waals surface area contributed by atoms with Crippen LogP contribution in [0.2, 0.25) is 0 Å². The molecule has 1 aliphatic carbocycles. The van der Waals surface area contributed by atoms with Gasteiger partial charge in [-0.3, -0.25) is 4.79 Å². The molecule has 30 heavy (non-hydrogen) atoms. The van der Waals surface area contributed by atoms with Crippen molar-refractivity contribution in [3.05, 3.63) is 46.7 Å². The van der Waals surface area contributed by atoms with E-state index in [9.17, 15) is 4.79 Å². The SMILES string of the molecule is COc1ccc([C@H]2C3=C(CCCC3=O)Nc3nc(N4CCCCC4)nc(N)c32)cc1. The van der Waals surface area contributed by atoms with Crippen molar-refractivity contribution in [1.29, 1.82) is 0 Å². The number of fused-ring (bicyclic) bond motifs is 1. The molecule has 3 heterocycles. The van der Waals surface area contributed by atoms with Gasteiger partial charge in [0.1, 0.15) is 17.4 Å². The fourth-order valence-corrected chi connectivity index (χ4v) is 4.84. The lowest BCUT2D eigenvalue weighted by atomic mass is 9.76. The van der Waals surface area contributed by atoms with Gasteiger partial charge < -0.3 is 20.7 Å². The second kappa shape index (κ2) is 7.63. The molecular weight excluding hydrogens is 378 g/mol. The molecule has 7 heteroatoms. The van der Waals surface area contributed by atoms with E-state index in [2.05, 4.69) is 15.2 Å². The summed E-state index contributed by atoms with van der Waals surface area (Å²) in [5, 5.41) is 3.45. The van der Waals surface area contributed by atoms with Gasteiger partial charge in [-0.05, 0) is 49.8 Å². The normalized spacial score (nSPS) is 21.0. The van der Waals surface area contributed by atoms with E-state index in [4.69, 9.17) is 15.5 Å². The minimum absolute atomic E-state index is 0.176. The van der Waals surface area contributed by atoms with Crippen molar-refractivity contribution in [1.82, 2.24) is 9.97 Å². The lowest BCUT2D eigenvalue weighted by Gasteiger charge is -2.35. The van der Waals surface area contributed by atoms with Gasteiger partial charge in [0.15, 0.2) is 5.78 Å². The number of ether oxygens (including phenoxy) is 1. The second-order valence-corrected chi connectivity index (χ2v) is 8.22. The van der Waals surface area contributed by atoms with E-state index >= 15 is 0 Å². The van der Waals surface area contributed by atoms with Gasteiger partial charge in [0, 0.05) is 42.3 Å². The van der Waals surface area contributed by atoms with E-state index in [0.29, 0.717) is 18.2 Å². The zero-order chi connectivity index (χ0) is 20.7. The van der Waals surface area contributed by atoms with Crippen LogP contribution in [0.25, 0.3) is 0 Å². The van der Waals surface area contributed by atoms with Gasteiger partial charge in [-0.25, -0.2) is 0 Å². The number of Topliss-reactive ketones (excluding diaryl/α,β-unsaturated/α-hetero) is 1. The summed E-state index contributed by atoms with van der Waals surface area (Å²) in [6.07, 6.45) is 5.80. The van der Waals surface area contributed by atoms with Gasteiger partial charge in [-0.1, -0.05) is 12.1 Å². The molecule has 0 saturated carbocycles. The van der Waals surface area contributed by atoms with E-state index in [1.807, 2.05) is 24.3 Å². The Labute approximate surface area is 176 Å². The van der Waals surface area contributed by atoms with Crippen LogP contribution >= 0.6 is 0 Å². The molecule has 0 spiro atoms. The molecule has 1 fully saturated rings. The molecule has 1 aromatic heterocycles. The third kappa shape index (κ3) is 3.18. The van der Waals surface area contributed by atoms with Crippen molar-refractivity contribution in [2.75, 3.05) is 36.1 Å². The highest BCUT2D eigenvalue weighted by molar-refractivity contribution is 6.01. The molecule has 0 amide bonds. The summed E-state index contributed by atoms with van der Waals surface area (Å²) < 4.78 is 5.31. The van der Waals surface area contributed by atoms with Crippen LogP contribution in [0, 0.1) is 0 Å². The maximum atomic E-state index is 13.0. The van der Waals surface area contributed by atoms with Crippen LogP contribution in [0.1, 0.15) is 55.6 Å². The average molecular weight is 406 g/mol. The molecule has 1 atom stereocenters. The summed E-state index contributed by atoms with van der Waals surface area (Å²) >= 11 is 0. The molecule has 2 aromatic rings. The van der Waals surface area contributed by atoms with Crippen molar-refractivity contribution < 1.29 is 9.53 Å². The van der Waals surface area contributed by atoms with Crippen LogP contribution in [0.5, 0.6) is 5.75 Å². The minimum atomic E-state index is -0.259. The predicted octanol–water partition coefficient (Wildman–Crippen LogP) is 3.62. The average Bonchev–Trinajstić information content (AvgIpc) is 2.78. The van der Waals surface area contributed by atoms with Crippen molar-refractivity contribution in [3.63, 3.8) is 0 Å². The van der Waals surface area contributed by atoms with Gasteiger partial charge in [-0.15, -0.1) is 0 Å². The second-order valence-electron chi connectivity index (χ2n) is 8.22. The maximum absolute atomic E-state index is 13.0. The maximum Gasteiger partial charge on any atom is 0.229 e. The molecule has 7 nitrogen and oxygen atoms in total. The van der Waals surface area contributed by atoms with Crippen LogP contribution in [0.3, 0.4) is 0 Å². The number of carbonyl (C=O) groups is 1. The Balaban J connectivity index is 1.64. The predicted molar refractivity (Wildman–Crippen MR) is 117 cm³/mol. The summed E-state index contributed by atoms with van der Waals surface area (Å²) in [6.45, 7) is 1.90. The van der Waals surface area contributed by atoms with Crippen molar-refractivity contribution in [2.24, 2.45) is 0 Å². The Morgan fingerprint density at radius 3 is 2.57 bits per heavy atom. The topological polar surface area (TPSA) is 93.4 Å². The van der Waals surface area contributed by atoms with Crippen LogP contribution in [-0.2, 0) is 4.79 Å². The number of rotatable bonds is 3. The fraction of sp³-hybridized carbons (Fsp3) is 0.435. The zero-order valence-corrected chi connectivity index (χ0v) is 17.3. The van der Waals surface area contributed by atoms with Gasteiger partial charge in [0.05, 0.1) is 7.11 Å². The number of carbonyl (C=O) groups excluding carboxylic acids is 1. The molecule has 3 N–H and O–H groups in total. The molecule has 2 aliphatic heterocycles. The molecule has 1 aromatic carbocycles. The zero-order valence-electron chi connectivity index (χ0n) is 17.3. The number of benzene rings is 1. The molecule has 156 valence electrons. The van der Waals surface area contributed by atoms with E-state index in [1.165, 1.54) is 6.42 Å². The summed E-state index contributed by atoms with van der Waals surface area (Å²) in [4.78, 5) is 24.7. The van der Waals surface area contributed by atoms with Gasteiger partial charge in [0.2, 0.25) is 5.95 Å². The summed E-state index contributed by atoms with van der Waals surface area (Å²) in [7, 11) is 1.65. The smallest absolute Gasteiger partial charge is 0.229 e. The molecule has 0 unspecified atom stereocenters. The monoisotopic (exact) mass is 405 g/mol. The first-order chi connectivity index (χ1) is 14.7. The quantitative estimate of drug-likeness (QED) is 0.805. The molecule has 0 radical (unpaired) electrons. The van der Waals surface area contributed by atoms with E-state index in [-0.39, 0.29) is 11.7 Å². The van der Waals surface area contributed by atoms with Crippen molar-refractivity contribution in [3.8, 4) is 5.75 Å². The third-order valence-electron chi connectivity index (χ3n) is 6.35. The number of nitrogens with zero attached hydrogens (tertiary/aromatic N) is 3. The van der Waals surface area contributed by atoms with Crippen LogP contribution in [-0.4, -0.2) is 36.0 Å². The van der Waals surface area contributed by atoms with Crippen LogP contribution in [0.4, 0.5) is 17.6 Å². The first-order valence-corrected chi connectivity index (χ1v) is 10.8. The van der Waals surface area contributed by atoms with Gasteiger partial charge in [-0.2, -0.15) is 9.97 Å². The molecule has 5 rings (SSSR count). The number of nitrogens with two attached hydrogens (primary N) is 1. The minimum Gasteiger partial charge on any atom is -0.497 e. The van der Waals surface area contributed by atoms with E-state index in [1.54, 1.807) is 7.11 Å². The Kier molecular flexibility index (Phi) is 4.81. The standard InChI is InChI=1S/C23H27N5O2/c1-30-15-10-8-14(9-11-15)18-19-16(6-5-7-17(19)29)25-22-20(18)21(24)26-23(27-22)28-12-3-2-4-13-28/h8-11,18H,2-7,12-13H2,1H3,(H3,24,25,26,27)/t18-/m0/s1. The third-order valence-corrected chi connectivity index (χ3v) is 6.35. The lowest BCUT2D eigenvalue weighted by Crippen LogP contribution is -2.33. The number of ketones is 1. The Hall–Kier alpha value is -3.09. The summed E-state index contributed by atoms with van der Waals surface area (Å²) in [6, 6.07) is 7.85. The number of aromatic nitrogens is 2. The summed E-state index contributed by atoms with van der Waals surface area (Å²) in [5.41, 5.74) is 10.1. The first-order valence-electron chi connectivity index (χ1n) is 10.8. The van der Waals surface area contributed by atoms with E-state index in [0.717, 1.165) is 72.7 Å². The number of allylic oxidation sites excluding steroid dienone is 2. The van der Waals surface area contributed by atoms with Gasteiger partial charge >= 0.3 is 0 Å². The van der Waals surface area contributed by atoms with Crippen LogP contribution in [0.15, 0.2) is 35.5 Å². The van der Waals surface area contributed by atoms with Crippen molar-refractivity contribution in [2.45, 2.75) is 44.4 Å². The summed E-state index contributed by atoms with van der Waals surface area (Å²) in [5.74, 6) is 2.55. The Morgan fingerprint density at radius 2 is 1.83 bits per heavy atom. The number of hydrogen-bond acceptors (Lipinski definition) is 7. The van der Waals surface area contributed by atoms with Gasteiger partial charge in [0.25, 0.3) is 0 Å². The first kappa shape index (κ1) is 18.9. The number of methoxy groups -OCH3 is 1. The largest absolute Gasteiger partial charge is 0.497 e. The Bertz CT molecular complexity index is 1010. The van der Waals surface area contributed by atoms with E-state index < -0.39 is 0 Å². The Morgan fingerprint density at radius 1 is 1.07 bits per heavy atom. The molecule has 0 bridgehead atoms. The molecule has 3 aliphatic rings. The number of hydrogen-bond donors (Lipinski definition) is 2. The lowest BCUT2D eigenvalue weighted by molar-refractivity contribution is -0.116. The number of anilines is 3. The highest BCUT2D eigenvalue weighted by Crippen LogP contribution is 2.47. The highest BCUT2D eigenvalue weighted by atomic mass is 16.5. The van der Waals surface area contributed by atoms with Crippen molar-refractivity contribution >= 4 is 23.4 Å². The molecule has 1 saturated heterocycles. The highest BCUT2D eigenvalue weighted by Gasteiger charge is 2.38. The van der Waals surface area contributed by atoms with Crippen LogP contribution < -0.4 is 20.7 Å². The number of nitrogens with one attached hydrogen (secondary N) is 1. The fourth-order valence-electron chi connectivity index (χ4n) is 4.84. The number of nitrogen functional groups attached to an aromatic ring is 1. The number of piperidine rings is 1.